The molecule has 0 spiro atoms. The molecule has 22 heavy (non-hydrogen) atoms. The molecule has 3 rings (SSSR count). The van der Waals surface area contributed by atoms with Crippen molar-refractivity contribution in [3.63, 3.8) is 0 Å². The highest BCUT2D eigenvalue weighted by molar-refractivity contribution is 7.98. The lowest BCUT2D eigenvalue weighted by atomic mass is 10.2. The zero-order valence-electron chi connectivity index (χ0n) is 12.8. The third-order valence-electron chi connectivity index (χ3n) is 4.11. The molecule has 1 saturated heterocycles. The molecule has 1 aliphatic rings. The van der Waals surface area contributed by atoms with Crippen molar-refractivity contribution >= 4 is 29.1 Å². The molecule has 0 bridgehead atoms. The first-order valence-electron chi connectivity index (χ1n) is 7.60. The van der Waals surface area contributed by atoms with E-state index in [1.807, 2.05) is 12.1 Å². The van der Waals surface area contributed by atoms with E-state index in [0.29, 0.717) is 0 Å². The fraction of sp³-hybridized carbons (Fsp3) is 0.333. The fourth-order valence-corrected chi connectivity index (χ4v) is 3.42. The van der Waals surface area contributed by atoms with Crippen LogP contribution in [0.15, 0.2) is 53.4 Å². The summed E-state index contributed by atoms with van der Waals surface area (Å²) in [5.74, 6) is 0. The molecule has 116 valence electrons. The Morgan fingerprint density at radius 2 is 1.73 bits per heavy atom. The molecule has 0 amide bonds. The van der Waals surface area contributed by atoms with Crippen molar-refractivity contribution in [3.05, 3.63) is 59.1 Å². The Morgan fingerprint density at radius 3 is 2.36 bits per heavy atom. The summed E-state index contributed by atoms with van der Waals surface area (Å²) in [7, 11) is 0. The van der Waals surface area contributed by atoms with Crippen molar-refractivity contribution in [2.45, 2.75) is 11.4 Å². The summed E-state index contributed by atoms with van der Waals surface area (Å²) in [5.41, 5.74) is 2.63. The van der Waals surface area contributed by atoms with Gasteiger partial charge in [0.15, 0.2) is 0 Å². The fourth-order valence-electron chi connectivity index (χ4n) is 2.83. The monoisotopic (exact) mass is 332 g/mol. The molecule has 1 fully saturated rings. The van der Waals surface area contributed by atoms with Crippen LogP contribution in [0.3, 0.4) is 0 Å². The summed E-state index contributed by atoms with van der Waals surface area (Å²) in [6, 6.07) is 17.1. The average molecular weight is 333 g/mol. The molecule has 0 atom stereocenters. The zero-order chi connectivity index (χ0) is 15.4. The molecular formula is C18H21ClN2S. The quantitative estimate of drug-likeness (QED) is 0.767. The molecule has 0 aromatic heterocycles. The molecule has 2 aromatic rings. The van der Waals surface area contributed by atoms with Crippen LogP contribution in [0, 0.1) is 0 Å². The average Bonchev–Trinajstić information content (AvgIpc) is 2.56. The van der Waals surface area contributed by atoms with Gasteiger partial charge in [0.1, 0.15) is 0 Å². The van der Waals surface area contributed by atoms with Crippen LogP contribution in [0.25, 0.3) is 0 Å². The second-order valence-electron chi connectivity index (χ2n) is 5.59. The lowest BCUT2D eigenvalue weighted by Crippen LogP contribution is -2.45. The molecule has 0 saturated carbocycles. The third kappa shape index (κ3) is 3.97. The lowest BCUT2D eigenvalue weighted by Gasteiger charge is -2.36. The van der Waals surface area contributed by atoms with Gasteiger partial charge in [-0.15, -0.1) is 11.8 Å². The maximum atomic E-state index is 6.09. The van der Waals surface area contributed by atoms with Crippen LogP contribution in [0.2, 0.25) is 5.02 Å². The molecule has 1 heterocycles. The molecule has 0 aliphatic carbocycles. The topological polar surface area (TPSA) is 6.48 Å². The number of hydrogen-bond donors (Lipinski definition) is 0. The molecule has 1 aliphatic heterocycles. The van der Waals surface area contributed by atoms with Crippen LogP contribution in [0.5, 0.6) is 0 Å². The van der Waals surface area contributed by atoms with E-state index in [-0.39, 0.29) is 0 Å². The Labute approximate surface area is 142 Å². The van der Waals surface area contributed by atoms with Crippen LogP contribution in [0.1, 0.15) is 5.56 Å². The highest BCUT2D eigenvalue weighted by atomic mass is 35.5. The van der Waals surface area contributed by atoms with Crippen LogP contribution >= 0.6 is 23.4 Å². The number of hydrogen-bond acceptors (Lipinski definition) is 3. The van der Waals surface area contributed by atoms with Gasteiger partial charge in [0, 0.05) is 48.3 Å². The van der Waals surface area contributed by atoms with Gasteiger partial charge in [-0.05, 0) is 42.2 Å². The standard InChI is InChI=1S/C18H21ClN2S/c1-22-18-7-5-15(6-8-18)14-20-9-11-21(12-10-20)17-4-2-3-16(19)13-17/h2-8,13H,9-12,14H2,1H3. The van der Waals surface area contributed by atoms with Crippen molar-refractivity contribution in [2.75, 3.05) is 37.3 Å². The number of anilines is 1. The SMILES string of the molecule is CSc1ccc(CN2CCN(c3cccc(Cl)c3)CC2)cc1. The minimum atomic E-state index is 0.814. The first kappa shape index (κ1) is 15.7. The maximum Gasteiger partial charge on any atom is 0.0426 e. The summed E-state index contributed by atoms with van der Waals surface area (Å²) < 4.78 is 0. The van der Waals surface area contributed by atoms with E-state index >= 15 is 0 Å². The van der Waals surface area contributed by atoms with E-state index in [9.17, 15) is 0 Å². The maximum absolute atomic E-state index is 6.09. The van der Waals surface area contributed by atoms with E-state index in [1.54, 1.807) is 11.8 Å². The molecule has 4 heteroatoms. The van der Waals surface area contributed by atoms with Crippen molar-refractivity contribution in [1.82, 2.24) is 4.90 Å². The molecule has 0 N–H and O–H groups in total. The lowest BCUT2D eigenvalue weighted by molar-refractivity contribution is 0.250. The predicted octanol–water partition coefficient (Wildman–Crippen LogP) is 4.38. The van der Waals surface area contributed by atoms with Gasteiger partial charge in [-0.25, -0.2) is 0 Å². The predicted molar refractivity (Wildman–Crippen MR) is 97.2 cm³/mol. The van der Waals surface area contributed by atoms with Crippen LogP contribution in [-0.4, -0.2) is 37.3 Å². The normalized spacial score (nSPS) is 16.0. The van der Waals surface area contributed by atoms with E-state index in [2.05, 4.69) is 52.5 Å². The largest absolute Gasteiger partial charge is 0.369 e. The second kappa shape index (κ2) is 7.40. The molecule has 2 aromatic carbocycles. The molecule has 0 radical (unpaired) electrons. The summed E-state index contributed by atoms with van der Waals surface area (Å²) in [4.78, 5) is 6.27. The molecule has 0 unspecified atom stereocenters. The van der Waals surface area contributed by atoms with Crippen LogP contribution in [-0.2, 0) is 6.54 Å². The van der Waals surface area contributed by atoms with E-state index in [1.165, 1.54) is 16.1 Å². The Kier molecular flexibility index (Phi) is 5.29. The number of benzene rings is 2. The van der Waals surface area contributed by atoms with Gasteiger partial charge in [-0.1, -0.05) is 29.8 Å². The number of halogens is 1. The Morgan fingerprint density at radius 1 is 1.00 bits per heavy atom. The minimum absolute atomic E-state index is 0.814. The molecule has 2 nitrogen and oxygen atoms in total. The van der Waals surface area contributed by atoms with Crippen molar-refractivity contribution in [1.29, 1.82) is 0 Å². The van der Waals surface area contributed by atoms with E-state index < -0.39 is 0 Å². The van der Waals surface area contributed by atoms with Crippen molar-refractivity contribution in [3.8, 4) is 0 Å². The van der Waals surface area contributed by atoms with Gasteiger partial charge in [-0.3, -0.25) is 4.90 Å². The number of piperazine rings is 1. The first-order valence-corrected chi connectivity index (χ1v) is 9.21. The highest BCUT2D eigenvalue weighted by Crippen LogP contribution is 2.21. The van der Waals surface area contributed by atoms with Crippen LogP contribution in [0.4, 0.5) is 5.69 Å². The van der Waals surface area contributed by atoms with Crippen molar-refractivity contribution < 1.29 is 0 Å². The third-order valence-corrected chi connectivity index (χ3v) is 5.09. The highest BCUT2D eigenvalue weighted by Gasteiger charge is 2.17. The smallest absolute Gasteiger partial charge is 0.0426 e. The Hall–Kier alpha value is -1.16. The first-order chi connectivity index (χ1) is 10.7. The summed E-state index contributed by atoms with van der Waals surface area (Å²) in [6.45, 7) is 5.35. The van der Waals surface area contributed by atoms with Crippen LogP contribution < -0.4 is 4.90 Å². The Bertz CT molecular complexity index is 607. The van der Waals surface area contributed by atoms with Gasteiger partial charge in [0.2, 0.25) is 0 Å². The van der Waals surface area contributed by atoms with Gasteiger partial charge < -0.3 is 4.90 Å². The number of nitrogens with zero attached hydrogens (tertiary/aromatic N) is 2. The number of thioether (sulfide) groups is 1. The summed E-state index contributed by atoms with van der Waals surface area (Å²) in [5, 5.41) is 0.814. The summed E-state index contributed by atoms with van der Waals surface area (Å²) >= 11 is 7.88. The van der Waals surface area contributed by atoms with E-state index in [0.717, 1.165) is 37.7 Å². The van der Waals surface area contributed by atoms with Gasteiger partial charge in [-0.2, -0.15) is 0 Å². The Balaban J connectivity index is 1.55. The zero-order valence-corrected chi connectivity index (χ0v) is 14.4. The van der Waals surface area contributed by atoms with Gasteiger partial charge in [0.25, 0.3) is 0 Å². The number of rotatable bonds is 4. The molecular weight excluding hydrogens is 312 g/mol. The van der Waals surface area contributed by atoms with E-state index in [4.69, 9.17) is 11.6 Å². The second-order valence-corrected chi connectivity index (χ2v) is 6.91. The van der Waals surface area contributed by atoms with Gasteiger partial charge >= 0.3 is 0 Å². The minimum Gasteiger partial charge on any atom is -0.369 e. The summed E-state index contributed by atoms with van der Waals surface area (Å²) in [6.07, 6.45) is 2.12. The van der Waals surface area contributed by atoms with Gasteiger partial charge in [0.05, 0.1) is 0 Å². The van der Waals surface area contributed by atoms with Crippen molar-refractivity contribution in [2.24, 2.45) is 0 Å².